The summed E-state index contributed by atoms with van der Waals surface area (Å²) in [5.74, 6) is 3.20. The standard InChI is InChI=1S/C28H35N3O2.C3H4N2/c1-4-11-23(14-9-10-16-29-20-25(21-32-3)33-5-2)28-26(22-12-7-6-8-13-22)18-24-19-30-17-15-27(24)31-28;1-2-4-5-3-1/h1,6-9,11-12,14-15,17-19,22,24-25,27,29H,5,10,13,16,20-21H2,2-3H3;1-3H,(H,4,5)/b14-9-,23-11+;. The molecule has 0 saturated heterocycles. The van der Waals surface area contributed by atoms with E-state index in [0.717, 1.165) is 37.2 Å². The van der Waals surface area contributed by atoms with Crippen LogP contribution in [0.4, 0.5) is 0 Å². The van der Waals surface area contributed by atoms with Crippen molar-refractivity contribution in [3.8, 4) is 12.3 Å². The van der Waals surface area contributed by atoms with E-state index in [1.54, 1.807) is 19.5 Å². The molecular weight excluding hydrogens is 474 g/mol. The molecule has 38 heavy (non-hydrogen) atoms. The molecule has 4 unspecified atom stereocenters. The van der Waals surface area contributed by atoms with Gasteiger partial charge >= 0.3 is 0 Å². The molecule has 4 atom stereocenters. The van der Waals surface area contributed by atoms with E-state index < -0.39 is 0 Å². The highest BCUT2D eigenvalue weighted by molar-refractivity contribution is 6.16. The zero-order chi connectivity index (χ0) is 26.8. The number of allylic oxidation sites excluding steroid dienone is 8. The number of hydrogen-bond donors (Lipinski definition) is 2. The van der Waals surface area contributed by atoms with Crippen LogP contribution in [0.1, 0.15) is 19.8 Å². The molecule has 0 aromatic carbocycles. The summed E-state index contributed by atoms with van der Waals surface area (Å²) in [5, 5.41) is 9.65. The van der Waals surface area contributed by atoms with Crippen LogP contribution in [0.25, 0.3) is 0 Å². The summed E-state index contributed by atoms with van der Waals surface area (Å²) in [6.07, 6.45) is 34.0. The van der Waals surface area contributed by atoms with Gasteiger partial charge in [0.2, 0.25) is 0 Å². The first kappa shape index (κ1) is 29.0. The number of nitrogens with one attached hydrogen (secondary N) is 2. The number of methoxy groups -OCH3 is 1. The fourth-order valence-corrected chi connectivity index (χ4v) is 4.38. The van der Waals surface area contributed by atoms with Crippen LogP contribution in [0, 0.1) is 24.2 Å². The summed E-state index contributed by atoms with van der Waals surface area (Å²) in [7, 11) is 1.70. The molecule has 1 aromatic heterocycles. The Morgan fingerprint density at radius 3 is 2.95 bits per heavy atom. The van der Waals surface area contributed by atoms with Crippen LogP contribution in [0.3, 0.4) is 0 Å². The molecule has 4 rings (SSSR count). The number of nitrogens with zero attached hydrogens (tertiary/aromatic N) is 3. The number of aliphatic imine (C=N–C) groups is 2. The van der Waals surface area contributed by atoms with Gasteiger partial charge in [0.1, 0.15) is 0 Å². The number of rotatable bonds is 12. The minimum Gasteiger partial charge on any atom is -0.382 e. The van der Waals surface area contributed by atoms with E-state index in [9.17, 15) is 0 Å². The van der Waals surface area contributed by atoms with Crippen LogP contribution in [-0.2, 0) is 9.47 Å². The van der Waals surface area contributed by atoms with Crippen LogP contribution >= 0.6 is 0 Å². The van der Waals surface area contributed by atoms with E-state index in [1.165, 1.54) is 5.57 Å². The Bertz CT molecular complexity index is 1090. The quantitative estimate of drug-likeness (QED) is 0.242. The van der Waals surface area contributed by atoms with Gasteiger partial charge in [-0.2, -0.15) is 5.10 Å². The Labute approximate surface area is 226 Å². The second-order valence-corrected chi connectivity index (χ2v) is 8.92. The molecule has 7 nitrogen and oxygen atoms in total. The van der Waals surface area contributed by atoms with Gasteiger partial charge in [0.25, 0.3) is 0 Å². The molecule has 7 heteroatoms. The van der Waals surface area contributed by atoms with Gasteiger partial charge in [-0.15, -0.1) is 6.42 Å². The van der Waals surface area contributed by atoms with E-state index in [1.807, 2.05) is 31.5 Å². The maximum Gasteiger partial charge on any atom is 0.0932 e. The number of aromatic nitrogens is 2. The molecule has 0 bridgehead atoms. The van der Waals surface area contributed by atoms with Gasteiger partial charge in [0.15, 0.2) is 0 Å². The SMILES string of the molecule is C#C/C=C(\C=C/CCNCC(COC)OCC)C1=NC2C=CN=CC2C=C1C1C=CC=CC1.c1cn[nH]c1. The molecule has 1 aromatic rings. The second kappa shape index (κ2) is 17.0. The van der Waals surface area contributed by atoms with Crippen LogP contribution in [0.15, 0.2) is 100 Å². The molecule has 0 spiro atoms. The Hall–Kier alpha value is -3.57. The highest BCUT2D eigenvalue weighted by atomic mass is 16.5. The lowest BCUT2D eigenvalue weighted by Crippen LogP contribution is -2.33. The fourth-order valence-electron chi connectivity index (χ4n) is 4.38. The summed E-state index contributed by atoms with van der Waals surface area (Å²) in [6.45, 7) is 4.89. The number of terminal acetylenes is 1. The second-order valence-electron chi connectivity index (χ2n) is 8.92. The molecule has 200 valence electrons. The summed E-state index contributed by atoms with van der Waals surface area (Å²) in [6, 6.07) is 1.90. The lowest BCUT2D eigenvalue weighted by atomic mass is 9.80. The Kier molecular flexibility index (Phi) is 13.0. The first-order valence-corrected chi connectivity index (χ1v) is 13.2. The molecular formula is C31H39N5O2. The van der Waals surface area contributed by atoms with Crippen molar-refractivity contribution < 1.29 is 9.47 Å². The Morgan fingerprint density at radius 1 is 1.34 bits per heavy atom. The predicted molar refractivity (Wildman–Crippen MR) is 156 cm³/mol. The number of dihydropyridines is 1. The molecule has 3 aliphatic rings. The summed E-state index contributed by atoms with van der Waals surface area (Å²) < 4.78 is 10.9. The third kappa shape index (κ3) is 9.38. The van der Waals surface area contributed by atoms with Crippen molar-refractivity contribution in [3.05, 3.63) is 90.5 Å². The average molecular weight is 514 g/mol. The summed E-state index contributed by atoms with van der Waals surface area (Å²) in [5.41, 5.74) is 3.19. The molecule has 1 aliphatic carbocycles. The molecule has 0 radical (unpaired) electrons. The number of ether oxygens (including phenoxy) is 2. The van der Waals surface area contributed by atoms with Gasteiger partial charge in [-0.25, -0.2) is 0 Å². The zero-order valence-electron chi connectivity index (χ0n) is 22.4. The van der Waals surface area contributed by atoms with E-state index in [4.69, 9.17) is 20.9 Å². The van der Waals surface area contributed by atoms with Gasteiger partial charge in [0, 0.05) is 62.5 Å². The van der Waals surface area contributed by atoms with Gasteiger partial charge in [-0.1, -0.05) is 48.5 Å². The molecule has 0 amide bonds. The number of hydrogen-bond acceptors (Lipinski definition) is 6. The number of aromatic amines is 1. The lowest BCUT2D eigenvalue weighted by molar-refractivity contribution is 0.00521. The highest BCUT2D eigenvalue weighted by Crippen LogP contribution is 2.32. The first-order chi connectivity index (χ1) is 18.8. The molecule has 0 saturated carbocycles. The number of fused-ring (bicyclic) bond motifs is 1. The van der Waals surface area contributed by atoms with E-state index in [0.29, 0.717) is 19.1 Å². The third-order valence-corrected chi connectivity index (χ3v) is 6.16. The Morgan fingerprint density at radius 2 is 2.26 bits per heavy atom. The maximum absolute atomic E-state index is 5.70. The van der Waals surface area contributed by atoms with Crippen molar-refractivity contribution >= 4 is 11.9 Å². The van der Waals surface area contributed by atoms with Crippen molar-refractivity contribution in [1.29, 1.82) is 0 Å². The van der Waals surface area contributed by atoms with E-state index in [2.05, 4.69) is 75.0 Å². The topological polar surface area (TPSA) is 83.9 Å². The fraction of sp³-hybridized carbons (Fsp3) is 0.387. The molecule has 2 aliphatic heterocycles. The van der Waals surface area contributed by atoms with Crippen LogP contribution in [0.2, 0.25) is 0 Å². The van der Waals surface area contributed by atoms with Gasteiger partial charge in [-0.05, 0) is 50.1 Å². The highest BCUT2D eigenvalue weighted by Gasteiger charge is 2.29. The molecule has 2 N–H and O–H groups in total. The monoisotopic (exact) mass is 513 g/mol. The van der Waals surface area contributed by atoms with Crippen molar-refractivity contribution in [2.75, 3.05) is 33.4 Å². The summed E-state index contributed by atoms with van der Waals surface area (Å²) in [4.78, 5) is 9.43. The zero-order valence-corrected chi connectivity index (χ0v) is 22.4. The summed E-state index contributed by atoms with van der Waals surface area (Å²) >= 11 is 0. The van der Waals surface area contributed by atoms with Gasteiger partial charge in [-0.3, -0.25) is 15.1 Å². The number of H-pyrrole nitrogens is 1. The predicted octanol–water partition coefficient (Wildman–Crippen LogP) is 4.64. The smallest absolute Gasteiger partial charge is 0.0932 e. The van der Waals surface area contributed by atoms with Crippen molar-refractivity contribution in [3.63, 3.8) is 0 Å². The van der Waals surface area contributed by atoms with Crippen LogP contribution in [-0.4, -0.2) is 67.7 Å². The van der Waals surface area contributed by atoms with Gasteiger partial charge < -0.3 is 14.8 Å². The normalized spacial score (nSPS) is 22.8. The maximum atomic E-state index is 5.70. The molecule has 0 fully saturated rings. The average Bonchev–Trinajstić information content (AvgIpc) is 3.55. The molecule has 3 heterocycles. The minimum atomic E-state index is 0.0666. The minimum absolute atomic E-state index is 0.0666. The van der Waals surface area contributed by atoms with Crippen LogP contribution < -0.4 is 5.32 Å². The van der Waals surface area contributed by atoms with Gasteiger partial charge in [0.05, 0.1) is 24.5 Å². The Balaban J connectivity index is 0.000000715. The largest absolute Gasteiger partial charge is 0.382 e. The van der Waals surface area contributed by atoms with Crippen molar-refractivity contribution in [2.24, 2.45) is 21.8 Å². The van der Waals surface area contributed by atoms with Crippen molar-refractivity contribution in [2.45, 2.75) is 31.9 Å². The third-order valence-electron chi connectivity index (χ3n) is 6.16. The van der Waals surface area contributed by atoms with E-state index >= 15 is 0 Å². The van der Waals surface area contributed by atoms with E-state index in [-0.39, 0.29) is 18.1 Å². The first-order valence-electron chi connectivity index (χ1n) is 13.2. The lowest BCUT2D eigenvalue weighted by Gasteiger charge is -2.29. The van der Waals surface area contributed by atoms with Crippen LogP contribution in [0.5, 0.6) is 0 Å². The van der Waals surface area contributed by atoms with Crippen molar-refractivity contribution in [1.82, 2.24) is 15.5 Å².